The lowest BCUT2D eigenvalue weighted by atomic mass is 10.2. The Labute approximate surface area is 153 Å². The first kappa shape index (κ1) is 24.4. The van der Waals surface area contributed by atoms with Crippen molar-refractivity contribution in [1.29, 1.82) is 0 Å². The highest BCUT2D eigenvalue weighted by Gasteiger charge is 2.34. The molecule has 0 unspecified atom stereocenters. The van der Waals surface area contributed by atoms with E-state index >= 15 is 0 Å². The van der Waals surface area contributed by atoms with Crippen LogP contribution in [0.4, 0.5) is 0 Å². The van der Waals surface area contributed by atoms with Gasteiger partial charge in [-0.15, -0.1) is 0 Å². The molecule has 0 aromatic carbocycles. The van der Waals surface area contributed by atoms with Crippen molar-refractivity contribution in [2.75, 3.05) is 67.6 Å². The fourth-order valence-corrected chi connectivity index (χ4v) is 2.13. The van der Waals surface area contributed by atoms with Gasteiger partial charge in [-0.3, -0.25) is 4.79 Å². The van der Waals surface area contributed by atoms with Crippen LogP contribution >= 0.6 is 0 Å². The molecule has 0 spiro atoms. The van der Waals surface area contributed by atoms with Crippen LogP contribution in [0, 0.1) is 0 Å². The zero-order valence-corrected chi connectivity index (χ0v) is 18.0. The van der Waals surface area contributed by atoms with Crippen LogP contribution in [0.1, 0.15) is 19.3 Å². The molecule has 0 aromatic rings. The predicted molar refractivity (Wildman–Crippen MR) is 95.8 cm³/mol. The molecule has 0 bridgehead atoms. The molecule has 0 fully saturated rings. The monoisotopic (exact) mass is 382 g/mol. The molecule has 0 amide bonds. The molecule has 0 N–H and O–H groups in total. The summed E-state index contributed by atoms with van der Waals surface area (Å²) >= 11 is 0. The van der Waals surface area contributed by atoms with Gasteiger partial charge in [0.1, 0.15) is 0 Å². The first-order chi connectivity index (χ1) is 12.1. The number of ether oxygens (including phenoxy) is 7. The van der Waals surface area contributed by atoms with Gasteiger partial charge in [0.15, 0.2) is 0 Å². The lowest BCUT2D eigenvalue weighted by Gasteiger charge is -2.33. The van der Waals surface area contributed by atoms with Gasteiger partial charge in [-0.05, 0) is 6.42 Å². The summed E-state index contributed by atoms with van der Waals surface area (Å²) < 4.78 is 37.5. The summed E-state index contributed by atoms with van der Waals surface area (Å²) in [4.78, 5) is 11.9. The van der Waals surface area contributed by atoms with Crippen molar-refractivity contribution in [3.63, 3.8) is 0 Å². The van der Waals surface area contributed by atoms with Crippen molar-refractivity contribution >= 4 is 16.2 Å². The third-order valence-electron chi connectivity index (χ3n) is 3.22. The summed E-state index contributed by atoms with van der Waals surface area (Å²) in [6.45, 7) is 2.41. The van der Waals surface area contributed by atoms with Crippen LogP contribution in [0.2, 0.25) is 6.04 Å². The number of methoxy groups -OCH3 is 3. The van der Waals surface area contributed by atoms with E-state index in [4.69, 9.17) is 33.2 Å². The van der Waals surface area contributed by atoms with Crippen LogP contribution < -0.4 is 0 Å². The Hall–Kier alpha value is -0.553. The van der Waals surface area contributed by atoms with E-state index in [9.17, 15) is 4.79 Å². The van der Waals surface area contributed by atoms with Gasteiger partial charge in [0.2, 0.25) is 0 Å². The van der Waals surface area contributed by atoms with Crippen LogP contribution in [0.5, 0.6) is 0 Å². The van der Waals surface area contributed by atoms with Crippen molar-refractivity contribution in [2.24, 2.45) is 0 Å². The smallest absolute Gasteiger partial charge is 0.306 e. The van der Waals surface area contributed by atoms with Gasteiger partial charge in [-0.1, -0.05) is 6.04 Å². The summed E-state index contributed by atoms with van der Waals surface area (Å²) in [6, 6.07) is 1.11. The van der Waals surface area contributed by atoms with Gasteiger partial charge in [0.25, 0.3) is 5.97 Å². The van der Waals surface area contributed by atoms with Crippen molar-refractivity contribution in [2.45, 2.75) is 31.3 Å². The van der Waals surface area contributed by atoms with Gasteiger partial charge in [0, 0.05) is 38.0 Å². The molecular formula is C16H34O8Si. The van der Waals surface area contributed by atoms with Gasteiger partial charge < -0.3 is 33.2 Å². The number of carbonyl (C=O) groups is 1. The van der Waals surface area contributed by atoms with E-state index in [0.717, 1.165) is 22.7 Å². The van der Waals surface area contributed by atoms with Gasteiger partial charge in [-0.2, -0.15) is 0 Å². The third-order valence-corrected chi connectivity index (χ3v) is 3.93. The largest absolute Gasteiger partial charge is 0.466 e. The third kappa shape index (κ3) is 13.3. The molecule has 25 heavy (non-hydrogen) atoms. The Bertz CT molecular complexity index is 290. The maximum Gasteiger partial charge on any atom is 0.306 e. The molecule has 0 aliphatic heterocycles. The lowest BCUT2D eigenvalue weighted by molar-refractivity contribution is -0.387. The average molecular weight is 383 g/mol. The van der Waals surface area contributed by atoms with Crippen molar-refractivity contribution in [3.05, 3.63) is 0 Å². The van der Waals surface area contributed by atoms with Crippen LogP contribution in [0.15, 0.2) is 0 Å². The van der Waals surface area contributed by atoms with Crippen molar-refractivity contribution in [1.82, 2.24) is 0 Å². The topological polar surface area (TPSA) is 81.7 Å². The molecule has 8 nitrogen and oxygen atoms in total. The van der Waals surface area contributed by atoms with Gasteiger partial charge >= 0.3 is 5.97 Å². The van der Waals surface area contributed by atoms with E-state index in [1.807, 2.05) is 0 Å². The lowest BCUT2D eigenvalue weighted by Crippen LogP contribution is -2.42. The average Bonchev–Trinajstić information content (AvgIpc) is 2.61. The molecule has 0 saturated carbocycles. The van der Waals surface area contributed by atoms with Crippen LogP contribution in [-0.4, -0.2) is 89.8 Å². The minimum Gasteiger partial charge on any atom is -0.466 e. The summed E-state index contributed by atoms with van der Waals surface area (Å²) in [5.41, 5.74) is 0. The Morgan fingerprint density at radius 1 is 0.800 bits per heavy atom. The maximum atomic E-state index is 11.9. The van der Waals surface area contributed by atoms with E-state index < -0.39 is 5.97 Å². The molecule has 0 radical (unpaired) electrons. The maximum absolute atomic E-state index is 11.9. The minimum absolute atomic E-state index is 0.133. The second kappa shape index (κ2) is 16.9. The molecular weight excluding hydrogens is 348 g/mol. The van der Waals surface area contributed by atoms with Crippen LogP contribution in [-0.2, 0) is 38.0 Å². The first-order valence-electron chi connectivity index (χ1n) is 8.68. The highest BCUT2D eigenvalue weighted by molar-refractivity contribution is 6.08. The number of rotatable bonds is 18. The highest BCUT2D eigenvalue weighted by atomic mass is 28.1. The van der Waals surface area contributed by atoms with Crippen molar-refractivity contribution in [3.8, 4) is 0 Å². The molecule has 0 atom stereocenters. The van der Waals surface area contributed by atoms with Crippen LogP contribution in [0.3, 0.4) is 0 Å². The Morgan fingerprint density at radius 2 is 1.28 bits per heavy atom. The Balaban J connectivity index is 4.71. The van der Waals surface area contributed by atoms with E-state index in [0.29, 0.717) is 26.4 Å². The molecule has 0 aromatic heterocycles. The summed E-state index contributed by atoms with van der Waals surface area (Å²) in [5.74, 6) is -1.65. The molecule has 0 saturated heterocycles. The Kier molecular flexibility index (Phi) is 16.5. The van der Waals surface area contributed by atoms with E-state index in [-0.39, 0.29) is 38.6 Å². The zero-order valence-electron chi connectivity index (χ0n) is 16.0. The van der Waals surface area contributed by atoms with Gasteiger partial charge in [-0.25, -0.2) is 0 Å². The van der Waals surface area contributed by atoms with Gasteiger partial charge in [0.05, 0.1) is 52.7 Å². The number of carbonyl (C=O) groups excluding carboxylic acids is 1. The highest BCUT2D eigenvalue weighted by Crippen LogP contribution is 2.23. The number of hydrogen-bond donors (Lipinski definition) is 0. The number of hydrogen-bond acceptors (Lipinski definition) is 8. The van der Waals surface area contributed by atoms with Crippen molar-refractivity contribution < 1.29 is 38.0 Å². The fourth-order valence-electron chi connectivity index (χ4n) is 1.84. The second-order valence-electron chi connectivity index (χ2n) is 5.28. The molecule has 150 valence electrons. The molecule has 0 heterocycles. The summed E-state index contributed by atoms with van der Waals surface area (Å²) in [5, 5.41) is 0. The molecule has 0 aliphatic carbocycles. The minimum atomic E-state index is -1.35. The summed E-state index contributed by atoms with van der Waals surface area (Å²) in [7, 11) is 5.85. The fraction of sp³-hybridized carbons (Fsp3) is 0.938. The SMILES string of the molecule is COCCOC(CCC(=O)OCCC[SiH3])(OCCOC)OCCOC. The van der Waals surface area contributed by atoms with E-state index in [1.54, 1.807) is 21.3 Å². The molecule has 9 heteroatoms. The predicted octanol–water partition coefficient (Wildman–Crippen LogP) is 0.126. The molecule has 0 rings (SSSR count). The first-order valence-corrected chi connectivity index (χ1v) is 10.1. The Morgan fingerprint density at radius 3 is 1.68 bits per heavy atom. The number of esters is 1. The quantitative estimate of drug-likeness (QED) is 0.143. The van der Waals surface area contributed by atoms with E-state index in [2.05, 4.69) is 0 Å². The normalized spacial score (nSPS) is 11.8. The summed E-state index contributed by atoms with van der Waals surface area (Å²) in [6.07, 6.45) is 1.25. The zero-order chi connectivity index (χ0) is 18.8. The molecule has 0 aliphatic rings. The van der Waals surface area contributed by atoms with E-state index in [1.165, 1.54) is 0 Å². The second-order valence-corrected chi connectivity index (χ2v) is 6.28. The standard InChI is InChI=1S/C16H34O8Si/c1-18-8-11-22-16(23-12-9-19-2,24-13-10-20-3)6-5-15(17)21-7-4-14-25/h4-14H2,1-3,25H3. The van der Waals surface area contributed by atoms with Crippen LogP contribution in [0.25, 0.3) is 0 Å².